The molecule has 130 valence electrons. The Labute approximate surface area is 153 Å². The number of carbonyl (C=O) groups is 2. The Morgan fingerprint density at radius 2 is 2.08 bits per heavy atom. The summed E-state index contributed by atoms with van der Waals surface area (Å²) in [4.78, 5) is 30.2. The summed E-state index contributed by atoms with van der Waals surface area (Å²) in [5, 5.41) is 4.66. The maximum Gasteiger partial charge on any atom is 0.310 e. The first-order valence-corrected chi connectivity index (χ1v) is 9.58. The van der Waals surface area contributed by atoms with E-state index in [2.05, 4.69) is 4.98 Å². The molecule has 3 rings (SSSR count). The van der Waals surface area contributed by atoms with E-state index >= 15 is 0 Å². The van der Waals surface area contributed by atoms with Crippen molar-refractivity contribution in [1.29, 1.82) is 0 Å². The molecule has 1 atom stereocenters. The maximum atomic E-state index is 12.3. The molecule has 3 aromatic rings. The van der Waals surface area contributed by atoms with Crippen LogP contribution in [0, 0.1) is 0 Å². The number of aromatic nitrogens is 1. The quantitative estimate of drug-likeness (QED) is 0.618. The number of fused-ring (bicyclic) bond motifs is 1. The molecular weight excluding hydrogens is 356 g/mol. The van der Waals surface area contributed by atoms with Crippen molar-refractivity contribution in [2.45, 2.75) is 19.4 Å². The highest BCUT2D eigenvalue weighted by Gasteiger charge is 2.21. The number of hydrogen-bond acceptors (Lipinski definition) is 6. The van der Waals surface area contributed by atoms with Crippen molar-refractivity contribution < 1.29 is 14.3 Å². The minimum absolute atomic E-state index is 0.180. The molecular formula is C18H18N2O3S2. The van der Waals surface area contributed by atoms with Gasteiger partial charge in [-0.3, -0.25) is 9.59 Å². The van der Waals surface area contributed by atoms with Gasteiger partial charge in [-0.1, -0.05) is 12.1 Å². The molecule has 2 heterocycles. The number of rotatable bonds is 6. The normalized spacial score (nSPS) is 12.1. The summed E-state index contributed by atoms with van der Waals surface area (Å²) < 4.78 is 6.19. The second-order valence-electron chi connectivity index (χ2n) is 5.67. The highest BCUT2D eigenvalue weighted by molar-refractivity contribution is 7.18. The van der Waals surface area contributed by atoms with E-state index < -0.39 is 5.97 Å². The van der Waals surface area contributed by atoms with E-state index in [0.717, 1.165) is 20.8 Å². The van der Waals surface area contributed by atoms with E-state index in [1.54, 1.807) is 23.3 Å². The molecule has 0 N–H and O–H groups in total. The van der Waals surface area contributed by atoms with Crippen LogP contribution in [0.1, 0.15) is 23.5 Å². The number of hydrogen-bond donors (Lipinski definition) is 0. The van der Waals surface area contributed by atoms with Gasteiger partial charge in [0.1, 0.15) is 5.01 Å². The fourth-order valence-corrected chi connectivity index (χ4v) is 4.04. The predicted molar refractivity (Wildman–Crippen MR) is 99.8 cm³/mol. The summed E-state index contributed by atoms with van der Waals surface area (Å²) in [6, 6.07) is 9.57. The Bertz CT molecular complexity index is 840. The zero-order valence-corrected chi connectivity index (χ0v) is 15.6. The molecule has 0 spiro atoms. The molecule has 1 aromatic carbocycles. The van der Waals surface area contributed by atoms with Gasteiger partial charge in [0.25, 0.3) is 5.91 Å². The van der Waals surface area contributed by atoms with Crippen molar-refractivity contribution in [3.63, 3.8) is 0 Å². The maximum absolute atomic E-state index is 12.3. The van der Waals surface area contributed by atoms with E-state index in [9.17, 15) is 9.59 Å². The van der Waals surface area contributed by atoms with Crippen LogP contribution < -0.4 is 0 Å². The fraction of sp³-hybridized carbons (Fsp3) is 0.278. The molecule has 5 nitrogen and oxygen atoms in total. The van der Waals surface area contributed by atoms with Gasteiger partial charge in [-0.25, -0.2) is 4.98 Å². The minimum Gasteiger partial charge on any atom is -0.455 e. The molecule has 0 unspecified atom stereocenters. The van der Waals surface area contributed by atoms with Crippen molar-refractivity contribution >= 4 is 44.8 Å². The predicted octanol–water partition coefficient (Wildman–Crippen LogP) is 3.66. The van der Waals surface area contributed by atoms with E-state index in [0.29, 0.717) is 0 Å². The van der Waals surface area contributed by atoms with E-state index in [4.69, 9.17) is 4.74 Å². The second-order valence-corrected chi connectivity index (χ2v) is 7.51. The summed E-state index contributed by atoms with van der Waals surface area (Å²) in [5.74, 6) is -0.641. The number of likely N-dealkylation sites (N-methyl/N-ethyl adjacent to an activating group) is 1. The number of thiazole rings is 1. The Morgan fingerprint density at radius 1 is 1.28 bits per heavy atom. The molecule has 0 aliphatic rings. The first-order chi connectivity index (χ1) is 12.0. The number of ether oxygens (including phenoxy) is 1. The summed E-state index contributed by atoms with van der Waals surface area (Å²) in [5.41, 5.74) is 1.83. The summed E-state index contributed by atoms with van der Waals surface area (Å²) >= 11 is 3.09. The average Bonchev–Trinajstić information content (AvgIpc) is 3.27. The zero-order chi connectivity index (χ0) is 17.8. The first-order valence-electron chi connectivity index (χ1n) is 7.82. The number of amides is 1. The van der Waals surface area contributed by atoms with E-state index in [1.807, 2.05) is 48.0 Å². The number of para-hydroxylation sites is 1. The lowest BCUT2D eigenvalue weighted by Crippen LogP contribution is -2.33. The molecule has 2 aromatic heterocycles. The average molecular weight is 374 g/mol. The van der Waals surface area contributed by atoms with Gasteiger partial charge in [0.05, 0.1) is 22.7 Å². The number of esters is 1. The SMILES string of the molecule is C[C@@H](c1nc2ccccc2s1)N(C)C(=O)COC(=O)Cc1ccsc1. The summed E-state index contributed by atoms with van der Waals surface area (Å²) in [6.07, 6.45) is 0.188. The largest absolute Gasteiger partial charge is 0.455 e. The van der Waals surface area contributed by atoms with Gasteiger partial charge in [0.15, 0.2) is 6.61 Å². The molecule has 7 heteroatoms. The highest BCUT2D eigenvalue weighted by atomic mass is 32.1. The van der Waals surface area contributed by atoms with Crippen LogP contribution in [-0.2, 0) is 20.7 Å². The third kappa shape index (κ3) is 4.24. The summed E-state index contributed by atoms with van der Waals surface area (Å²) in [6.45, 7) is 1.66. The van der Waals surface area contributed by atoms with Gasteiger partial charge in [-0.2, -0.15) is 11.3 Å². The number of benzene rings is 1. The monoisotopic (exact) mass is 374 g/mol. The fourth-order valence-electron chi connectivity index (χ4n) is 2.31. The Balaban J connectivity index is 1.56. The van der Waals surface area contributed by atoms with Crippen LogP contribution in [0.15, 0.2) is 41.1 Å². The van der Waals surface area contributed by atoms with Gasteiger partial charge in [0, 0.05) is 7.05 Å². The zero-order valence-electron chi connectivity index (χ0n) is 14.0. The van der Waals surface area contributed by atoms with Gasteiger partial charge < -0.3 is 9.64 Å². The smallest absolute Gasteiger partial charge is 0.310 e. The van der Waals surface area contributed by atoms with Crippen molar-refractivity contribution in [3.05, 3.63) is 51.7 Å². The second kappa shape index (κ2) is 7.76. The number of nitrogens with zero attached hydrogens (tertiary/aromatic N) is 2. The molecule has 0 fully saturated rings. The van der Waals surface area contributed by atoms with Gasteiger partial charge >= 0.3 is 5.97 Å². The van der Waals surface area contributed by atoms with Crippen molar-refractivity contribution in [2.75, 3.05) is 13.7 Å². The lowest BCUT2D eigenvalue weighted by molar-refractivity contribution is -0.151. The van der Waals surface area contributed by atoms with Gasteiger partial charge in [-0.05, 0) is 41.4 Å². The highest BCUT2D eigenvalue weighted by Crippen LogP contribution is 2.28. The van der Waals surface area contributed by atoms with Gasteiger partial charge in [0.2, 0.25) is 0 Å². The van der Waals surface area contributed by atoms with Crippen LogP contribution in [0.3, 0.4) is 0 Å². The Morgan fingerprint density at radius 3 is 2.80 bits per heavy atom. The number of carbonyl (C=O) groups excluding carboxylic acids is 2. The van der Waals surface area contributed by atoms with E-state index in [-0.39, 0.29) is 25.0 Å². The molecule has 0 saturated heterocycles. The van der Waals surface area contributed by atoms with Crippen LogP contribution in [0.25, 0.3) is 10.2 Å². The van der Waals surface area contributed by atoms with Crippen molar-refractivity contribution in [1.82, 2.24) is 9.88 Å². The third-order valence-electron chi connectivity index (χ3n) is 3.93. The first kappa shape index (κ1) is 17.6. The Hall–Kier alpha value is -2.25. The van der Waals surface area contributed by atoms with E-state index in [1.165, 1.54) is 11.3 Å². The molecule has 0 radical (unpaired) electrons. The van der Waals surface area contributed by atoms with Crippen molar-refractivity contribution in [3.8, 4) is 0 Å². The van der Waals surface area contributed by atoms with Gasteiger partial charge in [-0.15, -0.1) is 11.3 Å². The summed E-state index contributed by atoms with van der Waals surface area (Å²) in [7, 11) is 1.70. The lowest BCUT2D eigenvalue weighted by atomic mass is 10.2. The number of thiophene rings is 1. The van der Waals surface area contributed by atoms with Crippen LogP contribution in [0.2, 0.25) is 0 Å². The van der Waals surface area contributed by atoms with Crippen LogP contribution in [0.5, 0.6) is 0 Å². The minimum atomic E-state index is -0.396. The van der Waals surface area contributed by atoms with Crippen LogP contribution >= 0.6 is 22.7 Å². The molecule has 0 aliphatic carbocycles. The molecule has 25 heavy (non-hydrogen) atoms. The molecule has 0 saturated carbocycles. The van der Waals surface area contributed by atoms with Crippen LogP contribution in [0.4, 0.5) is 0 Å². The molecule has 1 amide bonds. The molecule has 0 bridgehead atoms. The van der Waals surface area contributed by atoms with Crippen molar-refractivity contribution in [2.24, 2.45) is 0 Å². The Kier molecular flexibility index (Phi) is 5.45. The topological polar surface area (TPSA) is 59.5 Å². The van der Waals surface area contributed by atoms with Crippen LogP contribution in [-0.4, -0.2) is 35.4 Å². The lowest BCUT2D eigenvalue weighted by Gasteiger charge is -2.23. The third-order valence-corrected chi connectivity index (χ3v) is 5.87. The molecule has 0 aliphatic heterocycles. The standard InChI is InChI=1S/C18H18N2O3S2/c1-12(18-19-14-5-3-4-6-15(14)25-18)20(2)16(21)10-23-17(22)9-13-7-8-24-11-13/h3-8,11-12H,9-10H2,1-2H3/t12-/m0/s1.